The summed E-state index contributed by atoms with van der Waals surface area (Å²) in [5.74, 6) is -0.0392. The molecular formula is C17H17N3O2S. The standard InChI is InChI=1S/C17H17N3O2S/c18-10-12-9-14(19-11-12)16(21)20-5-3-17(4-6-20)13-2-8-23-15(13)1-7-22-17/h2,8-9,11,19H,1,3-7H2. The highest BCUT2D eigenvalue weighted by Gasteiger charge is 2.42. The van der Waals surface area contributed by atoms with E-state index in [-0.39, 0.29) is 11.5 Å². The van der Waals surface area contributed by atoms with Gasteiger partial charge in [0.05, 0.1) is 17.8 Å². The van der Waals surface area contributed by atoms with Crippen molar-refractivity contribution < 1.29 is 9.53 Å². The van der Waals surface area contributed by atoms with E-state index < -0.39 is 0 Å². The van der Waals surface area contributed by atoms with Gasteiger partial charge < -0.3 is 14.6 Å². The Bertz CT molecular complexity index is 778. The molecule has 1 amide bonds. The van der Waals surface area contributed by atoms with Crippen LogP contribution in [0, 0.1) is 11.3 Å². The van der Waals surface area contributed by atoms with Gasteiger partial charge in [-0.2, -0.15) is 5.26 Å². The number of aromatic amines is 1. The number of aromatic nitrogens is 1. The van der Waals surface area contributed by atoms with Crippen molar-refractivity contribution in [1.29, 1.82) is 5.26 Å². The number of H-pyrrole nitrogens is 1. The van der Waals surface area contributed by atoms with Crippen molar-refractivity contribution in [2.45, 2.75) is 24.9 Å². The van der Waals surface area contributed by atoms with Crippen LogP contribution >= 0.6 is 11.3 Å². The molecular weight excluding hydrogens is 310 g/mol. The van der Waals surface area contributed by atoms with Crippen LogP contribution in [0.1, 0.15) is 39.3 Å². The van der Waals surface area contributed by atoms with Gasteiger partial charge >= 0.3 is 0 Å². The number of carbonyl (C=O) groups excluding carboxylic acids is 1. The van der Waals surface area contributed by atoms with Crippen molar-refractivity contribution in [3.8, 4) is 6.07 Å². The van der Waals surface area contributed by atoms with Crippen LogP contribution in [-0.4, -0.2) is 35.5 Å². The fourth-order valence-electron chi connectivity index (χ4n) is 3.59. The van der Waals surface area contributed by atoms with E-state index in [1.165, 1.54) is 10.4 Å². The van der Waals surface area contributed by atoms with Crippen molar-refractivity contribution in [1.82, 2.24) is 9.88 Å². The van der Waals surface area contributed by atoms with Gasteiger partial charge in [-0.15, -0.1) is 11.3 Å². The van der Waals surface area contributed by atoms with Crippen LogP contribution in [0.3, 0.4) is 0 Å². The molecule has 0 saturated carbocycles. The molecule has 5 nitrogen and oxygen atoms in total. The molecule has 4 rings (SSSR count). The number of piperidine rings is 1. The van der Waals surface area contributed by atoms with Crippen LogP contribution in [0.2, 0.25) is 0 Å². The lowest BCUT2D eigenvalue weighted by Crippen LogP contribution is -2.48. The summed E-state index contributed by atoms with van der Waals surface area (Å²) in [7, 11) is 0. The first kappa shape index (κ1) is 14.5. The second kappa shape index (κ2) is 5.52. The summed E-state index contributed by atoms with van der Waals surface area (Å²) in [6.45, 7) is 2.12. The van der Waals surface area contributed by atoms with E-state index >= 15 is 0 Å². The molecule has 1 spiro atoms. The molecule has 2 aromatic heterocycles. The highest BCUT2D eigenvalue weighted by atomic mass is 32.1. The molecule has 1 N–H and O–H groups in total. The lowest BCUT2D eigenvalue weighted by atomic mass is 9.82. The first-order chi connectivity index (χ1) is 11.2. The number of likely N-dealkylation sites (tertiary alicyclic amines) is 1. The first-order valence-electron chi connectivity index (χ1n) is 7.80. The fourth-order valence-corrected chi connectivity index (χ4v) is 4.55. The van der Waals surface area contributed by atoms with Crippen molar-refractivity contribution in [2.24, 2.45) is 0 Å². The van der Waals surface area contributed by atoms with Gasteiger partial charge in [0.2, 0.25) is 0 Å². The number of amides is 1. The van der Waals surface area contributed by atoms with Gasteiger partial charge in [-0.1, -0.05) is 0 Å². The first-order valence-corrected chi connectivity index (χ1v) is 8.68. The molecule has 23 heavy (non-hydrogen) atoms. The quantitative estimate of drug-likeness (QED) is 0.875. The number of nitrogens with zero attached hydrogens (tertiary/aromatic N) is 2. The average Bonchev–Trinajstić information content (AvgIpc) is 3.25. The Labute approximate surface area is 138 Å². The molecule has 6 heteroatoms. The summed E-state index contributed by atoms with van der Waals surface area (Å²) in [5, 5.41) is 11.0. The minimum atomic E-state index is -0.210. The minimum Gasteiger partial charge on any atom is -0.370 e. The number of thiophene rings is 1. The predicted octanol–water partition coefficient (Wildman–Crippen LogP) is 2.65. The summed E-state index contributed by atoms with van der Waals surface area (Å²) in [6.07, 6.45) is 4.22. The molecule has 4 heterocycles. The zero-order chi connectivity index (χ0) is 15.9. The summed E-state index contributed by atoms with van der Waals surface area (Å²) in [4.78, 5) is 18.7. The van der Waals surface area contributed by atoms with E-state index in [1.54, 1.807) is 23.6 Å². The minimum absolute atomic E-state index is 0.0392. The van der Waals surface area contributed by atoms with E-state index in [1.807, 2.05) is 11.0 Å². The normalized spacial score (nSPS) is 19.3. The van der Waals surface area contributed by atoms with Crippen LogP contribution in [0.25, 0.3) is 0 Å². The molecule has 0 aliphatic carbocycles. The maximum Gasteiger partial charge on any atom is 0.270 e. The number of rotatable bonds is 1. The smallest absolute Gasteiger partial charge is 0.270 e. The van der Waals surface area contributed by atoms with E-state index in [0.29, 0.717) is 24.3 Å². The number of hydrogen-bond acceptors (Lipinski definition) is 4. The molecule has 0 radical (unpaired) electrons. The number of ether oxygens (including phenoxy) is 1. The van der Waals surface area contributed by atoms with Gasteiger partial charge in [0.15, 0.2) is 0 Å². The van der Waals surface area contributed by atoms with Crippen LogP contribution < -0.4 is 0 Å². The van der Waals surface area contributed by atoms with Crippen LogP contribution in [0.15, 0.2) is 23.7 Å². The molecule has 2 aliphatic heterocycles. The summed E-state index contributed by atoms with van der Waals surface area (Å²) in [6, 6.07) is 5.83. The zero-order valence-corrected chi connectivity index (χ0v) is 13.5. The molecule has 2 aliphatic rings. The second-order valence-electron chi connectivity index (χ2n) is 6.06. The second-order valence-corrected chi connectivity index (χ2v) is 7.06. The Kier molecular flexibility index (Phi) is 3.47. The van der Waals surface area contributed by atoms with Crippen molar-refractivity contribution in [2.75, 3.05) is 19.7 Å². The van der Waals surface area contributed by atoms with E-state index in [9.17, 15) is 4.79 Å². The van der Waals surface area contributed by atoms with Crippen LogP contribution in [0.4, 0.5) is 0 Å². The Balaban J connectivity index is 1.50. The van der Waals surface area contributed by atoms with Gasteiger partial charge in [0.25, 0.3) is 5.91 Å². The fraction of sp³-hybridized carbons (Fsp3) is 0.412. The molecule has 1 fully saturated rings. The molecule has 118 valence electrons. The highest BCUT2D eigenvalue weighted by Crippen LogP contribution is 2.43. The maximum absolute atomic E-state index is 12.5. The van der Waals surface area contributed by atoms with Gasteiger partial charge in [-0.3, -0.25) is 4.79 Å². The average molecular weight is 327 g/mol. The number of nitriles is 1. The zero-order valence-electron chi connectivity index (χ0n) is 12.7. The van der Waals surface area contributed by atoms with Gasteiger partial charge in [0, 0.05) is 30.6 Å². The Hall–Kier alpha value is -2.10. The number of fused-ring (bicyclic) bond motifs is 2. The van der Waals surface area contributed by atoms with E-state index in [2.05, 4.69) is 16.4 Å². The monoisotopic (exact) mass is 327 g/mol. The number of carbonyl (C=O) groups is 1. The van der Waals surface area contributed by atoms with Crippen molar-refractivity contribution in [3.05, 3.63) is 45.4 Å². The topological polar surface area (TPSA) is 69.1 Å². The van der Waals surface area contributed by atoms with Crippen LogP contribution in [0.5, 0.6) is 0 Å². The molecule has 0 atom stereocenters. The Morgan fingerprint density at radius 3 is 3.00 bits per heavy atom. The van der Waals surface area contributed by atoms with Gasteiger partial charge in [0.1, 0.15) is 11.8 Å². The van der Waals surface area contributed by atoms with E-state index in [4.69, 9.17) is 10.00 Å². The largest absolute Gasteiger partial charge is 0.370 e. The lowest BCUT2D eigenvalue weighted by Gasteiger charge is -2.44. The Morgan fingerprint density at radius 2 is 2.26 bits per heavy atom. The lowest BCUT2D eigenvalue weighted by molar-refractivity contribution is -0.0926. The van der Waals surface area contributed by atoms with Crippen molar-refractivity contribution >= 4 is 17.2 Å². The number of nitrogens with one attached hydrogen (secondary N) is 1. The summed E-state index contributed by atoms with van der Waals surface area (Å²) < 4.78 is 6.16. The highest BCUT2D eigenvalue weighted by molar-refractivity contribution is 7.10. The third-order valence-corrected chi connectivity index (χ3v) is 5.83. The number of hydrogen-bond donors (Lipinski definition) is 1. The van der Waals surface area contributed by atoms with Crippen molar-refractivity contribution in [3.63, 3.8) is 0 Å². The molecule has 0 aromatic carbocycles. The van der Waals surface area contributed by atoms with Gasteiger partial charge in [-0.05, 0) is 35.9 Å². The molecule has 0 bridgehead atoms. The third-order valence-electron chi connectivity index (χ3n) is 4.84. The van der Waals surface area contributed by atoms with Crippen LogP contribution in [-0.2, 0) is 16.8 Å². The van der Waals surface area contributed by atoms with E-state index in [0.717, 1.165) is 25.9 Å². The maximum atomic E-state index is 12.5. The molecule has 2 aromatic rings. The predicted molar refractivity (Wildman–Crippen MR) is 86.3 cm³/mol. The summed E-state index contributed by atoms with van der Waals surface area (Å²) >= 11 is 1.81. The Morgan fingerprint density at radius 1 is 1.43 bits per heavy atom. The molecule has 1 saturated heterocycles. The molecule has 0 unspecified atom stereocenters. The summed E-state index contributed by atoms with van der Waals surface area (Å²) in [5.41, 5.74) is 2.09. The SMILES string of the molecule is N#Cc1c[nH]c(C(=O)N2CCC3(CC2)OCCc2sccc23)c1. The third kappa shape index (κ3) is 2.37. The van der Waals surface area contributed by atoms with Gasteiger partial charge in [-0.25, -0.2) is 0 Å².